The smallest absolute Gasteiger partial charge is 0.231 e. The van der Waals surface area contributed by atoms with Crippen molar-refractivity contribution in [3.8, 4) is 11.3 Å². The molecule has 6 nitrogen and oxygen atoms in total. The number of carbonyl (C=O) groups excluding carboxylic acids is 1. The molecule has 0 aliphatic carbocycles. The van der Waals surface area contributed by atoms with Gasteiger partial charge in [-0.2, -0.15) is 0 Å². The first-order valence-electron chi connectivity index (χ1n) is 11.7. The lowest BCUT2D eigenvalue weighted by Crippen LogP contribution is -2.43. The van der Waals surface area contributed by atoms with Gasteiger partial charge in [-0.3, -0.25) is 9.69 Å². The van der Waals surface area contributed by atoms with Gasteiger partial charge < -0.3 is 4.90 Å². The van der Waals surface area contributed by atoms with Crippen LogP contribution in [0, 0.1) is 5.92 Å². The number of hydrogen-bond acceptors (Lipinski definition) is 5. The van der Waals surface area contributed by atoms with Gasteiger partial charge in [0.1, 0.15) is 5.82 Å². The number of nitrogens with zero attached hydrogens (tertiary/aromatic N) is 5. The Hall–Kier alpha value is -4.06. The van der Waals surface area contributed by atoms with Crippen LogP contribution in [0.1, 0.15) is 18.4 Å². The van der Waals surface area contributed by atoms with Crippen LogP contribution in [0.25, 0.3) is 11.3 Å². The molecule has 0 bridgehead atoms. The van der Waals surface area contributed by atoms with Gasteiger partial charge in [0.25, 0.3) is 0 Å². The lowest BCUT2D eigenvalue weighted by atomic mass is 9.95. The fourth-order valence-corrected chi connectivity index (χ4v) is 4.38. The minimum absolute atomic E-state index is 0.0430. The van der Waals surface area contributed by atoms with Crippen LogP contribution in [0.4, 0.5) is 11.6 Å². The lowest BCUT2D eigenvalue weighted by molar-refractivity contribution is -0.123. The van der Waals surface area contributed by atoms with E-state index >= 15 is 0 Å². The Morgan fingerprint density at radius 2 is 1.53 bits per heavy atom. The van der Waals surface area contributed by atoms with Crippen molar-refractivity contribution in [2.24, 2.45) is 5.92 Å². The Kier molecular flexibility index (Phi) is 6.56. The SMILES string of the molecule is O=C(C1CCN(c2ccc(-c3ccccc3)nn2)CC1)N(Cc1ccccc1)c1ccccn1. The van der Waals surface area contributed by atoms with E-state index in [0.29, 0.717) is 12.4 Å². The van der Waals surface area contributed by atoms with Crippen LogP contribution in [0.5, 0.6) is 0 Å². The van der Waals surface area contributed by atoms with Crippen LogP contribution in [-0.2, 0) is 11.3 Å². The van der Waals surface area contributed by atoms with E-state index in [1.807, 2.05) is 95.9 Å². The van der Waals surface area contributed by atoms with Crippen molar-refractivity contribution < 1.29 is 4.79 Å². The summed E-state index contributed by atoms with van der Waals surface area (Å²) >= 11 is 0. The van der Waals surface area contributed by atoms with Gasteiger partial charge >= 0.3 is 0 Å². The minimum Gasteiger partial charge on any atom is -0.355 e. The number of piperidine rings is 1. The van der Waals surface area contributed by atoms with E-state index in [1.54, 1.807) is 6.20 Å². The lowest BCUT2D eigenvalue weighted by Gasteiger charge is -2.34. The molecule has 5 rings (SSSR count). The molecule has 1 saturated heterocycles. The molecule has 0 unspecified atom stereocenters. The summed E-state index contributed by atoms with van der Waals surface area (Å²) < 4.78 is 0. The molecule has 1 aliphatic rings. The fraction of sp³-hybridized carbons (Fsp3) is 0.214. The minimum atomic E-state index is -0.0430. The fourth-order valence-electron chi connectivity index (χ4n) is 4.38. The van der Waals surface area contributed by atoms with E-state index in [-0.39, 0.29) is 11.8 Å². The molecular weight excluding hydrogens is 422 g/mol. The molecule has 34 heavy (non-hydrogen) atoms. The molecule has 1 aliphatic heterocycles. The van der Waals surface area contributed by atoms with Crippen LogP contribution in [0.15, 0.2) is 97.2 Å². The quantitative estimate of drug-likeness (QED) is 0.415. The van der Waals surface area contributed by atoms with Crippen LogP contribution in [-0.4, -0.2) is 34.2 Å². The Morgan fingerprint density at radius 3 is 2.18 bits per heavy atom. The zero-order chi connectivity index (χ0) is 23.2. The third-order valence-corrected chi connectivity index (χ3v) is 6.26. The molecule has 6 heteroatoms. The Balaban J connectivity index is 1.26. The van der Waals surface area contributed by atoms with Gasteiger partial charge in [0.05, 0.1) is 12.2 Å². The summed E-state index contributed by atoms with van der Waals surface area (Å²) in [7, 11) is 0. The highest BCUT2D eigenvalue weighted by molar-refractivity contribution is 5.94. The third-order valence-electron chi connectivity index (χ3n) is 6.26. The summed E-state index contributed by atoms with van der Waals surface area (Å²) in [4.78, 5) is 22.1. The first-order chi connectivity index (χ1) is 16.8. The summed E-state index contributed by atoms with van der Waals surface area (Å²) in [6, 6.07) is 29.9. The van der Waals surface area contributed by atoms with Crippen LogP contribution < -0.4 is 9.80 Å². The number of carbonyl (C=O) groups is 1. The average molecular weight is 450 g/mol. The van der Waals surface area contributed by atoms with Crippen molar-refractivity contribution in [1.82, 2.24) is 15.2 Å². The maximum Gasteiger partial charge on any atom is 0.231 e. The van der Waals surface area contributed by atoms with E-state index in [2.05, 4.69) is 20.1 Å². The number of benzene rings is 2. The van der Waals surface area contributed by atoms with Crippen molar-refractivity contribution in [2.75, 3.05) is 22.9 Å². The molecule has 1 amide bonds. The monoisotopic (exact) mass is 449 g/mol. The Labute approximate surface area is 199 Å². The molecule has 1 fully saturated rings. The second-order valence-electron chi connectivity index (χ2n) is 8.50. The predicted molar refractivity (Wildman–Crippen MR) is 134 cm³/mol. The highest BCUT2D eigenvalue weighted by Gasteiger charge is 2.30. The van der Waals surface area contributed by atoms with Crippen LogP contribution in [0.2, 0.25) is 0 Å². The first kappa shape index (κ1) is 21.8. The largest absolute Gasteiger partial charge is 0.355 e. The number of amides is 1. The number of aromatic nitrogens is 3. The van der Waals surface area contributed by atoms with Crippen molar-refractivity contribution in [1.29, 1.82) is 0 Å². The van der Waals surface area contributed by atoms with E-state index in [9.17, 15) is 4.79 Å². The number of rotatable bonds is 6. The highest BCUT2D eigenvalue weighted by atomic mass is 16.2. The Morgan fingerprint density at radius 1 is 0.824 bits per heavy atom. The summed E-state index contributed by atoms with van der Waals surface area (Å²) in [5.74, 6) is 1.64. The van der Waals surface area contributed by atoms with Gasteiger partial charge in [-0.05, 0) is 42.7 Å². The molecule has 3 heterocycles. The van der Waals surface area contributed by atoms with Crippen LogP contribution >= 0.6 is 0 Å². The number of pyridine rings is 1. The van der Waals surface area contributed by atoms with Gasteiger partial charge in [-0.25, -0.2) is 4.98 Å². The van der Waals surface area contributed by atoms with Crippen molar-refractivity contribution in [3.05, 3.63) is 103 Å². The second kappa shape index (κ2) is 10.3. The summed E-state index contributed by atoms with van der Waals surface area (Å²) in [5.41, 5.74) is 3.01. The van der Waals surface area contributed by atoms with Crippen molar-refractivity contribution in [2.45, 2.75) is 19.4 Å². The van der Waals surface area contributed by atoms with E-state index < -0.39 is 0 Å². The third kappa shape index (κ3) is 4.96. The first-order valence-corrected chi connectivity index (χ1v) is 11.7. The molecule has 4 aromatic rings. The maximum atomic E-state index is 13.6. The molecule has 170 valence electrons. The molecule has 2 aromatic carbocycles. The predicted octanol–water partition coefficient (Wildman–Crippen LogP) is 4.99. The highest BCUT2D eigenvalue weighted by Crippen LogP contribution is 2.27. The summed E-state index contributed by atoms with van der Waals surface area (Å²) in [5, 5.41) is 8.88. The maximum absolute atomic E-state index is 13.6. The van der Waals surface area contributed by atoms with E-state index in [4.69, 9.17) is 0 Å². The molecular formula is C28H27N5O. The molecule has 0 atom stereocenters. The Bertz CT molecular complexity index is 1190. The van der Waals surface area contributed by atoms with Gasteiger partial charge in [-0.15, -0.1) is 10.2 Å². The van der Waals surface area contributed by atoms with Crippen molar-refractivity contribution >= 4 is 17.5 Å². The van der Waals surface area contributed by atoms with Crippen molar-refractivity contribution in [3.63, 3.8) is 0 Å². The van der Waals surface area contributed by atoms with Crippen LogP contribution in [0.3, 0.4) is 0 Å². The molecule has 0 saturated carbocycles. The van der Waals surface area contributed by atoms with Gasteiger partial charge in [-0.1, -0.05) is 66.7 Å². The second-order valence-corrected chi connectivity index (χ2v) is 8.50. The molecule has 0 N–H and O–H groups in total. The molecule has 0 spiro atoms. The summed E-state index contributed by atoms with van der Waals surface area (Å²) in [6.45, 7) is 2.07. The van der Waals surface area contributed by atoms with Gasteiger partial charge in [0.15, 0.2) is 5.82 Å². The van der Waals surface area contributed by atoms with Gasteiger partial charge in [0, 0.05) is 30.8 Å². The average Bonchev–Trinajstić information content (AvgIpc) is 2.93. The zero-order valence-electron chi connectivity index (χ0n) is 19.0. The van der Waals surface area contributed by atoms with E-state index in [1.165, 1.54) is 0 Å². The van der Waals surface area contributed by atoms with Gasteiger partial charge in [0.2, 0.25) is 5.91 Å². The normalized spacial score (nSPS) is 14.1. The number of hydrogen-bond donors (Lipinski definition) is 0. The number of anilines is 2. The molecule has 2 aromatic heterocycles. The summed E-state index contributed by atoms with van der Waals surface area (Å²) in [6.07, 6.45) is 3.29. The topological polar surface area (TPSA) is 62.2 Å². The molecule has 0 radical (unpaired) electrons. The zero-order valence-corrected chi connectivity index (χ0v) is 19.0. The standard InChI is InChI=1S/C28H27N5O/c34-28(33(26-13-7-8-18-29-26)21-22-9-3-1-4-10-22)24-16-19-32(20-17-24)27-15-14-25(30-31-27)23-11-5-2-6-12-23/h1-15,18,24H,16-17,19-21H2. The van der Waals surface area contributed by atoms with E-state index in [0.717, 1.165) is 48.6 Å².